The van der Waals surface area contributed by atoms with Crippen molar-refractivity contribution < 1.29 is 14.3 Å². The third kappa shape index (κ3) is 6.85. The largest absolute Gasteiger partial charge is 0.468 e. The number of rotatable bonds is 10. The first kappa shape index (κ1) is 23.9. The number of carbonyl (C=O) groups excluding carboxylic acids is 2. The number of nitrogens with one attached hydrogen (secondary N) is 1. The molecule has 6 nitrogen and oxygen atoms in total. The topological polar surface area (TPSA) is 92.1 Å². The summed E-state index contributed by atoms with van der Waals surface area (Å²) in [6.07, 6.45) is 1.63. The van der Waals surface area contributed by atoms with E-state index in [1.54, 1.807) is 18.2 Å². The molecule has 3 unspecified atom stereocenters. The van der Waals surface area contributed by atoms with Crippen molar-refractivity contribution in [1.82, 2.24) is 10.3 Å². The van der Waals surface area contributed by atoms with E-state index in [1.807, 2.05) is 37.3 Å². The number of nitrogens with zero attached hydrogens (tertiary/aromatic N) is 2. The van der Waals surface area contributed by atoms with Crippen LogP contribution in [0.15, 0.2) is 53.1 Å². The molecule has 0 spiro atoms. The van der Waals surface area contributed by atoms with Gasteiger partial charge in [-0.05, 0) is 40.0 Å². The number of thioether (sulfide) groups is 1. The Bertz CT molecular complexity index is 889. The minimum Gasteiger partial charge on any atom is -0.468 e. The summed E-state index contributed by atoms with van der Waals surface area (Å²) < 4.78 is 5.31. The number of aromatic nitrogens is 1. The molecule has 1 aromatic carbocycles. The van der Waals surface area contributed by atoms with Gasteiger partial charge in [0.05, 0.1) is 35.9 Å². The van der Waals surface area contributed by atoms with Crippen LogP contribution in [-0.2, 0) is 14.3 Å². The summed E-state index contributed by atoms with van der Waals surface area (Å²) >= 11 is 4.50. The standard InChI is InChI=1S/C22H24BrN3O3S/c1-3-8-17(15-9-5-4-6-10-15)26-22(28)16(13-24)21(30-14-20(27)29-2)18-11-7-12-19(23)25-18/h4-7,9-12,16-17,21H,3,8,14H2,1-2H3,(H,26,28). The van der Waals surface area contributed by atoms with Crippen molar-refractivity contribution in [1.29, 1.82) is 5.26 Å². The zero-order chi connectivity index (χ0) is 21.9. The molecule has 0 aliphatic carbocycles. The third-order valence-corrected chi connectivity index (χ3v) is 6.17. The average molecular weight is 490 g/mol. The number of pyridine rings is 1. The van der Waals surface area contributed by atoms with Crippen LogP contribution < -0.4 is 5.32 Å². The molecule has 3 atom stereocenters. The van der Waals surface area contributed by atoms with Gasteiger partial charge in [-0.15, -0.1) is 11.8 Å². The van der Waals surface area contributed by atoms with Gasteiger partial charge in [-0.3, -0.25) is 9.59 Å². The number of methoxy groups -OCH3 is 1. The molecule has 1 heterocycles. The van der Waals surface area contributed by atoms with Crippen LogP contribution >= 0.6 is 27.7 Å². The summed E-state index contributed by atoms with van der Waals surface area (Å²) in [5.74, 6) is -1.82. The van der Waals surface area contributed by atoms with Gasteiger partial charge in [0.2, 0.25) is 5.91 Å². The lowest BCUT2D eigenvalue weighted by atomic mass is 9.98. The Kier molecular flexibility index (Phi) is 9.84. The van der Waals surface area contributed by atoms with Gasteiger partial charge < -0.3 is 10.1 Å². The second-order valence-electron chi connectivity index (χ2n) is 6.56. The van der Waals surface area contributed by atoms with E-state index in [2.05, 4.69) is 32.3 Å². The first-order valence-corrected chi connectivity index (χ1v) is 11.4. The molecule has 0 aliphatic heterocycles. The summed E-state index contributed by atoms with van der Waals surface area (Å²) in [5, 5.41) is 12.3. The SMILES string of the molecule is CCCC(NC(=O)C(C#N)C(SCC(=O)OC)c1cccc(Br)n1)c1ccccc1. The van der Waals surface area contributed by atoms with Gasteiger partial charge in [0.25, 0.3) is 0 Å². The molecule has 1 N–H and O–H groups in total. The molecule has 8 heteroatoms. The number of amides is 1. The lowest BCUT2D eigenvalue weighted by Gasteiger charge is -2.24. The van der Waals surface area contributed by atoms with Crippen molar-refractivity contribution in [3.8, 4) is 6.07 Å². The summed E-state index contributed by atoms with van der Waals surface area (Å²) in [6, 6.07) is 16.9. The highest BCUT2D eigenvalue weighted by atomic mass is 79.9. The van der Waals surface area contributed by atoms with E-state index >= 15 is 0 Å². The molecule has 0 fully saturated rings. The van der Waals surface area contributed by atoms with Crippen LogP contribution in [0.5, 0.6) is 0 Å². The molecule has 1 amide bonds. The normalized spacial score (nSPS) is 13.5. The molecular weight excluding hydrogens is 466 g/mol. The predicted octanol–water partition coefficient (Wildman–Crippen LogP) is 4.59. The van der Waals surface area contributed by atoms with Crippen molar-refractivity contribution in [2.24, 2.45) is 5.92 Å². The molecule has 0 saturated carbocycles. The van der Waals surface area contributed by atoms with Crippen molar-refractivity contribution >= 4 is 39.6 Å². The number of benzene rings is 1. The highest BCUT2D eigenvalue weighted by Gasteiger charge is 2.33. The van der Waals surface area contributed by atoms with E-state index in [0.29, 0.717) is 10.3 Å². The van der Waals surface area contributed by atoms with Crippen LogP contribution in [0.2, 0.25) is 0 Å². The van der Waals surface area contributed by atoms with Crippen LogP contribution in [0.4, 0.5) is 0 Å². The predicted molar refractivity (Wildman–Crippen MR) is 120 cm³/mol. The van der Waals surface area contributed by atoms with Gasteiger partial charge in [0, 0.05) is 0 Å². The summed E-state index contributed by atoms with van der Waals surface area (Å²) in [6.45, 7) is 2.05. The highest BCUT2D eigenvalue weighted by molar-refractivity contribution is 9.10. The molecule has 0 saturated heterocycles. The molecule has 2 aromatic rings. The monoisotopic (exact) mass is 489 g/mol. The van der Waals surface area contributed by atoms with Crippen molar-refractivity contribution in [2.75, 3.05) is 12.9 Å². The van der Waals surface area contributed by atoms with Gasteiger partial charge in [0.15, 0.2) is 0 Å². The smallest absolute Gasteiger partial charge is 0.315 e. The van der Waals surface area contributed by atoms with Crippen LogP contribution in [0, 0.1) is 17.2 Å². The lowest BCUT2D eigenvalue weighted by Crippen LogP contribution is -2.36. The molecule has 158 valence electrons. The van der Waals surface area contributed by atoms with E-state index in [1.165, 1.54) is 18.9 Å². The van der Waals surface area contributed by atoms with Gasteiger partial charge in [-0.2, -0.15) is 5.26 Å². The van der Waals surface area contributed by atoms with E-state index in [0.717, 1.165) is 18.4 Å². The Morgan fingerprint density at radius 2 is 1.97 bits per heavy atom. The number of esters is 1. The van der Waals surface area contributed by atoms with Crippen molar-refractivity contribution in [2.45, 2.75) is 31.1 Å². The van der Waals surface area contributed by atoms with Gasteiger partial charge in [0.1, 0.15) is 10.5 Å². The Morgan fingerprint density at radius 1 is 1.23 bits per heavy atom. The van der Waals surface area contributed by atoms with Gasteiger partial charge in [-0.25, -0.2) is 4.98 Å². The first-order valence-electron chi connectivity index (χ1n) is 9.56. The molecule has 0 radical (unpaired) electrons. The van der Waals surface area contributed by atoms with E-state index in [9.17, 15) is 14.9 Å². The molecule has 0 aliphatic rings. The summed E-state index contributed by atoms with van der Waals surface area (Å²) in [7, 11) is 1.30. The number of halogens is 1. The maximum Gasteiger partial charge on any atom is 0.315 e. The second kappa shape index (κ2) is 12.4. The molecule has 0 bridgehead atoms. The van der Waals surface area contributed by atoms with Crippen molar-refractivity contribution in [3.63, 3.8) is 0 Å². The fraction of sp³-hybridized carbons (Fsp3) is 0.364. The fourth-order valence-electron chi connectivity index (χ4n) is 2.97. The molecule has 30 heavy (non-hydrogen) atoms. The number of hydrogen-bond acceptors (Lipinski definition) is 6. The number of nitriles is 1. The fourth-order valence-corrected chi connectivity index (χ4v) is 4.44. The van der Waals surface area contributed by atoms with Crippen LogP contribution in [0.3, 0.4) is 0 Å². The van der Waals surface area contributed by atoms with E-state index in [-0.39, 0.29) is 17.7 Å². The number of carbonyl (C=O) groups is 2. The lowest BCUT2D eigenvalue weighted by molar-refractivity contribution is -0.137. The van der Waals surface area contributed by atoms with Gasteiger partial charge in [-0.1, -0.05) is 49.7 Å². The zero-order valence-electron chi connectivity index (χ0n) is 16.9. The minimum absolute atomic E-state index is 0.0118. The minimum atomic E-state index is -1.02. The van der Waals surface area contributed by atoms with Gasteiger partial charge >= 0.3 is 5.97 Å². The second-order valence-corrected chi connectivity index (χ2v) is 8.50. The van der Waals surface area contributed by atoms with Crippen molar-refractivity contribution in [3.05, 3.63) is 64.4 Å². The maximum absolute atomic E-state index is 13.1. The Morgan fingerprint density at radius 3 is 2.57 bits per heavy atom. The van der Waals surface area contributed by atoms with Crippen LogP contribution in [-0.4, -0.2) is 29.7 Å². The highest BCUT2D eigenvalue weighted by Crippen LogP contribution is 2.36. The summed E-state index contributed by atoms with van der Waals surface area (Å²) in [4.78, 5) is 29.2. The maximum atomic E-state index is 13.1. The number of ether oxygens (including phenoxy) is 1. The van der Waals surface area contributed by atoms with Crippen LogP contribution in [0.1, 0.15) is 42.3 Å². The average Bonchev–Trinajstić information content (AvgIpc) is 2.76. The van der Waals surface area contributed by atoms with Crippen LogP contribution in [0.25, 0.3) is 0 Å². The summed E-state index contributed by atoms with van der Waals surface area (Å²) in [5.41, 5.74) is 1.54. The third-order valence-electron chi connectivity index (χ3n) is 4.46. The molecular formula is C22H24BrN3O3S. The van der Waals surface area contributed by atoms with E-state index in [4.69, 9.17) is 4.74 Å². The first-order chi connectivity index (χ1) is 14.5. The Labute approximate surface area is 189 Å². The number of hydrogen-bond donors (Lipinski definition) is 1. The molecule has 1 aromatic heterocycles. The van der Waals surface area contributed by atoms with E-state index < -0.39 is 17.1 Å². The quantitative estimate of drug-likeness (QED) is 0.387. The molecule has 2 rings (SSSR count). The zero-order valence-corrected chi connectivity index (χ0v) is 19.3. The Balaban J connectivity index is 2.28. The Hall–Kier alpha value is -2.37.